The highest BCUT2D eigenvalue weighted by Crippen LogP contribution is 2.42. The van der Waals surface area contributed by atoms with Gasteiger partial charge in [-0.2, -0.15) is 5.26 Å². The lowest BCUT2D eigenvalue weighted by atomic mass is 10.1. The van der Waals surface area contributed by atoms with Crippen molar-refractivity contribution < 1.29 is 19.1 Å². The fourth-order valence-corrected chi connectivity index (χ4v) is 4.19. The Morgan fingerprint density at radius 1 is 1.46 bits per heavy atom. The van der Waals surface area contributed by atoms with Gasteiger partial charge in [0.2, 0.25) is 5.91 Å². The van der Waals surface area contributed by atoms with Crippen molar-refractivity contribution >= 4 is 23.5 Å². The number of hydrogen-bond acceptors (Lipinski definition) is 6. The van der Waals surface area contributed by atoms with Gasteiger partial charge in [-0.15, -0.1) is 0 Å². The number of carbonyl (C=O) groups excluding carboxylic acids is 3. The van der Waals surface area contributed by atoms with Crippen LogP contribution in [0.2, 0.25) is 0 Å². The number of piperazine rings is 1. The third-order valence-corrected chi connectivity index (χ3v) is 5.28. The number of urea groups is 1. The number of likely N-dealkylation sites (tertiary alicyclic amines) is 1. The van der Waals surface area contributed by atoms with Gasteiger partial charge in [0, 0.05) is 13.7 Å². The number of ether oxygens (including phenoxy) is 1. The summed E-state index contributed by atoms with van der Waals surface area (Å²) in [6.45, 7) is 2.08. The highest BCUT2D eigenvalue weighted by molar-refractivity contribution is 6.22. The molecule has 9 heteroatoms. The highest BCUT2D eigenvalue weighted by atomic mass is 16.5. The number of nitriles is 1. The second-order valence-electron chi connectivity index (χ2n) is 6.72. The largest absolute Gasteiger partial charge is 0.375 e. The average Bonchev–Trinajstić information content (AvgIpc) is 3.27. The second-order valence-corrected chi connectivity index (χ2v) is 6.72. The molecule has 3 aliphatic rings. The van der Waals surface area contributed by atoms with Crippen molar-refractivity contribution in [1.82, 2.24) is 14.8 Å². The van der Waals surface area contributed by atoms with E-state index in [2.05, 4.69) is 4.98 Å². The van der Waals surface area contributed by atoms with Crippen LogP contribution >= 0.6 is 0 Å². The summed E-state index contributed by atoms with van der Waals surface area (Å²) in [5.41, 5.74) is 1.20. The van der Waals surface area contributed by atoms with E-state index in [0.29, 0.717) is 24.2 Å². The predicted molar refractivity (Wildman–Crippen MR) is 88.0 cm³/mol. The van der Waals surface area contributed by atoms with Crippen LogP contribution in [0.4, 0.5) is 10.5 Å². The Bertz CT molecular complexity index is 863. The highest BCUT2D eigenvalue weighted by Gasteiger charge is 2.62. The van der Waals surface area contributed by atoms with E-state index in [1.807, 2.05) is 6.07 Å². The molecule has 0 spiro atoms. The van der Waals surface area contributed by atoms with Crippen molar-refractivity contribution in [2.75, 3.05) is 25.2 Å². The van der Waals surface area contributed by atoms with Crippen molar-refractivity contribution in [1.29, 1.82) is 5.26 Å². The Labute approximate surface area is 149 Å². The molecule has 0 aliphatic carbocycles. The van der Waals surface area contributed by atoms with E-state index in [1.54, 1.807) is 22.8 Å². The zero-order chi connectivity index (χ0) is 18.6. The molecular weight excluding hydrogens is 338 g/mol. The smallest absolute Gasteiger partial charge is 0.332 e. The first-order chi connectivity index (χ1) is 12.5. The number of pyridine rings is 1. The van der Waals surface area contributed by atoms with Gasteiger partial charge < -0.3 is 14.5 Å². The van der Waals surface area contributed by atoms with Crippen molar-refractivity contribution in [2.45, 2.75) is 31.5 Å². The molecule has 1 aromatic heterocycles. The van der Waals surface area contributed by atoms with Gasteiger partial charge in [0.25, 0.3) is 5.91 Å². The first-order valence-corrected chi connectivity index (χ1v) is 8.29. The molecule has 3 fully saturated rings. The molecule has 0 aromatic carbocycles. The fourth-order valence-electron chi connectivity index (χ4n) is 4.19. The average molecular weight is 355 g/mol. The third-order valence-electron chi connectivity index (χ3n) is 5.28. The zero-order valence-corrected chi connectivity index (χ0v) is 14.4. The van der Waals surface area contributed by atoms with E-state index in [9.17, 15) is 14.4 Å². The van der Waals surface area contributed by atoms with Gasteiger partial charge in [0.1, 0.15) is 24.4 Å². The Morgan fingerprint density at radius 2 is 2.23 bits per heavy atom. The van der Waals surface area contributed by atoms with Crippen molar-refractivity contribution in [3.63, 3.8) is 0 Å². The minimum absolute atomic E-state index is 0.0411. The van der Waals surface area contributed by atoms with Crippen molar-refractivity contribution in [2.24, 2.45) is 0 Å². The summed E-state index contributed by atoms with van der Waals surface area (Å²) >= 11 is 0. The van der Waals surface area contributed by atoms with Crippen LogP contribution in [0.1, 0.15) is 17.7 Å². The Morgan fingerprint density at radius 3 is 2.88 bits per heavy atom. The SMILES string of the molecule is COCC(=O)N1C[C@H]2CC1[C@@H]1C(=O)N(c3cnc(C#N)c(C)c3)C(=O)N21. The van der Waals surface area contributed by atoms with E-state index in [4.69, 9.17) is 10.00 Å². The maximum absolute atomic E-state index is 13.0. The number of hydrogen-bond donors (Lipinski definition) is 0. The number of nitrogens with zero attached hydrogens (tertiary/aromatic N) is 5. The summed E-state index contributed by atoms with van der Waals surface area (Å²) in [5, 5.41) is 9.00. The van der Waals surface area contributed by atoms with Crippen LogP contribution in [0.5, 0.6) is 0 Å². The van der Waals surface area contributed by atoms with E-state index in [-0.39, 0.29) is 36.2 Å². The molecule has 0 saturated carbocycles. The van der Waals surface area contributed by atoms with Gasteiger partial charge in [0.05, 0.1) is 24.0 Å². The lowest BCUT2D eigenvalue weighted by Gasteiger charge is -2.34. The Hall–Kier alpha value is -2.99. The quantitative estimate of drug-likeness (QED) is 0.708. The van der Waals surface area contributed by atoms with Crippen LogP contribution < -0.4 is 4.90 Å². The first-order valence-electron chi connectivity index (χ1n) is 8.29. The summed E-state index contributed by atoms with van der Waals surface area (Å²) in [6.07, 6.45) is 1.97. The van der Waals surface area contributed by atoms with E-state index in [1.165, 1.54) is 13.3 Å². The maximum Gasteiger partial charge on any atom is 0.332 e. The molecule has 3 saturated heterocycles. The second kappa shape index (κ2) is 5.78. The molecule has 4 amide bonds. The Kier molecular flexibility index (Phi) is 3.66. The molecule has 4 heterocycles. The summed E-state index contributed by atoms with van der Waals surface area (Å²) in [6, 6.07) is 2.02. The molecule has 0 N–H and O–H groups in total. The molecule has 2 bridgehead atoms. The van der Waals surface area contributed by atoms with Gasteiger partial charge in [-0.1, -0.05) is 0 Å². The molecule has 134 valence electrons. The number of imide groups is 1. The monoisotopic (exact) mass is 355 g/mol. The maximum atomic E-state index is 13.0. The summed E-state index contributed by atoms with van der Waals surface area (Å²) in [5.74, 6) is -0.530. The van der Waals surface area contributed by atoms with Crippen LogP contribution in [-0.4, -0.2) is 71.0 Å². The number of methoxy groups -OCH3 is 1. The first kappa shape index (κ1) is 16.5. The molecule has 3 atom stereocenters. The van der Waals surface area contributed by atoms with Crippen LogP contribution in [-0.2, 0) is 14.3 Å². The van der Waals surface area contributed by atoms with Gasteiger partial charge in [-0.3, -0.25) is 9.59 Å². The predicted octanol–water partition coefficient (Wildman–Crippen LogP) is 0.0284. The van der Waals surface area contributed by atoms with E-state index in [0.717, 1.165) is 4.90 Å². The molecule has 4 rings (SSSR count). The molecular formula is C17H17N5O4. The summed E-state index contributed by atoms with van der Waals surface area (Å²) in [7, 11) is 1.45. The van der Waals surface area contributed by atoms with Crippen molar-refractivity contribution in [3.8, 4) is 6.07 Å². The lowest BCUT2D eigenvalue weighted by molar-refractivity contribution is -0.139. The topological polar surface area (TPSA) is 107 Å². The van der Waals surface area contributed by atoms with Crippen LogP contribution in [0.3, 0.4) is 0 Å². The third kappa shape index (κ3) is 2.12. The molecule has 9 nitrogen and oxygen atoms in total. The number of rotatable bonds is 3. The van der Waals surface area contributed by atoms with Crippen molar-refractivity contribution in [3.05, 3.63) is 23.5 Å². The van der Waals surface area contributed by atoms with E-state index >= 15 is 0 Å². The molecule has 26 heavy (non-hydrogen) atoms. The number of aryl methyl sites for hydroxylation is 1. The van der Waals surface area contributed by atoms with Crippen LogP contribution in [0.25, 0.3) is 0 Å². The molecule has 0 radical (unpaired) electrons. The zero-order valence-electron chi connectivity index (χ0n) is 14.4. The van der Waals surface area contributed by atoms with Gasteiger partial charge in [-0.25, -0.2) is 14.7 Å². The number of amides is 4. The number of aromatic nitrogens is 1. The Balaban J connectivity index is 1.64. The summed E-state index contributed by atoms with van der Waals surface area (Å²) in [4.78, 5) is 46.4. The number of carbonyl (C=O) groups is 3. The summed E-state index contributed by atoms with van der Waals surface area (Å²) < 4.78 is 4.91. The number of anilines is 1. The lowest BCUT2D eigenvalue weighted by Crippen LogP contribution is -2.55. The van der Waals surface area contributed by atoms with Gasteiger partial charge >= 0.3 is 6.03 Å². The fraction of sp³-hybridized carbons (Fsp3) is 0.471. The molecule has 3 aliphatic heterocycles. The van der Waals surface area contributed by atoms with Gasteiger partial charge in [-0.05, 0) is 25.0 Å². The minimum atomic E-state index is -0.669. The molecule has 1 aromatic rings. The normalized spacial score (nSPS) is 26.5. The van der Waals surface area contributed by atoms with Crippen LogP contribution in [0.15, 0.2) is 12.3 Å². The standard InChI is InChI=1S/C17H17N5O4/c1-9-3-10(6-19-12(9)5-18)22-16(24)15-13-4-11(21(15)17(22)25)7-20(13)14(23)8-26-2/h3,6,11,13,15H,4,7-8H2,1-2H3/t11-,13?,15-/m1/s1. The van der Waals surface area contributed by atoms with Crippen LogP contribution in [0, 0.1) is 18.3 Å². The minimum Gasteiger partial charge on any atom is -0.375 e. The van der Waals surface area contributed by atoms with Gasteiger partial charge in [0.15, 0.2) is 0 Å². The number of fused-ring (bicyclic) bond motifs is 5. The van der Waals surface area contributed by atoms with E-state index < -0.39 is 12.1 Å². The molecule has 1 unspecified atom stereocenters.